The van der Waals surface area contributed by atoms with E-state index in [9.17, 15) is 12.8 Å². The summed E-state index contributed by atoms with van der Waals surface area (Å²) in [5.74, 6) is 0.328. The Kier molecular flexibility index (Phi) is 5.23. The number of benzene rings is 2. The lowest BCUT2D eigenvalue weighted by atomic mass is 10.0. The molecule has 0 saturated carbocycles. The van der Waals surface area contributed by atoms with Crippen LogP contribution in [0.1, 0.15) is 36.5 Å². The van der Waals surface area contributed by atoms with Gasteiger partial charge in [0, 0.05) is 6.42 Å². The fourth-order valence-corrected chi connectivity index (χ4v) is 3.69. The van der Waals surface area contributed by atoms with E-state index in [1.807, 2.05) is 13.8 Å². The van der Waals surface area contributed by atoms with Crippen molar-refractivity contribution < 1.29 is 17.5 Å². The number of allylic oxidation sites excluding steroid dienone is 1. The summed E-state index contributed by atoms with van der Waals surface area (Å²) in [5.41, 5.74) is 2.42. The maximum absolute atomic E-state index is 13.6. The maximum Gasteiger partial charge on any atom is 0.285 e. The molecule has 2 aromatic carbocycles. The van der Waals surface area contributed by atoms with Crippen LogP contribution in [0.5, 0.6) is 0 Å². The Bertz CT molecular complexity index is 977. The molecular weight excluding hydrogens is 353 g/mol. The van der Waals surface area contributed by atoms with Crippen LogP contribution in [-0.2, 0) is 21.2 Å². The lowest BCUT2D eigenvalue weighted by Crippen LogP contribution is -2.11. The molecule has 0 unspecified atom stereocenters. The fourth-order valence-electron chi connectivity index (χ4n) is 2.73. The zero-order valence-corrected chi connectivity index (χ0v) is 15.5. The normalized spacial score (nSPS) is 15.8. The van der Waals surface area contributed by atoms with E-state index in [1.165, 1.54) is 24.3 Å². The molecule has 4 nitrogen and oxygen atoms in total. The molecule has 0 radical (unpaired) electrons. The van der Waals surface area contributed by atoms with Gasteiger partial charge >= 0.3 is 0 Å². The van der Waals surface area contributed by atoms with Gasteiger partial charge in [-0.05, 0) is 54.8 Å². The topological polar surface area (TPSA) is 55.7 Å². The number of fused-ring (bicyclic) bond motifs is 1. The van der Waals surface area contributed by atoms with E-state index in [4.69, 9.17) is 4.74 Å². The van der Waals surface area contributed by atoms with Crippen molar-refractivity contribution in [2.75, 3.05) is 0 Å². The summed E-state index contributed by atoms with van der Waals surface area (Å²) in [7, 11) is -3.88. The van der Waals surface area contributed by atoms with Crippen LogP contribution in [-0.4, -0.2) is 14.3 Å². The molecule has 1 aliphatic heterocycles. The predicted molar refractivity (Wildman–Crippen MR) is 99.9 cm³/mol. The first-order valence-corrected chi connectivity index (χ1v) is 9.89. The third kappa shape index (κ3) is 4.19. The lowest BCUT2D eigenvalue weighted by Gasteiger charge is -2.09. The first kappa shape index (κ1) is 18.3. The van der Waals surface area contributed by atoms with Gasteiger partial charge in [0.05, 0.1) is 11.3 Å². The summed E-state index contributed by atoms with van der Waals surface area (Å²) in [4.78, 5) is 0.115. The molecule has 0 amide bonds. The van der Waals surface area contributed by atoms with Crippen LogP contribution in [0.15, 0.2) is 57.5 Å². The van der Waals surface area contributed by atoms with Crippen molar-refractivity contribution in [3.8, 4) is 0 Å². The number of sulfonamides is 1. The van der Waals surface area contributed by atoms with Gasteiger partial charge in [-0.15, -0.1) is 4.40 Å². The van der Waals surface area contributed by atoms with Gasteiger partial charge in [-0.1, -0.05) is 30.7 Å². The molecule has 0 saturated heterocycles. The summed E-state index contributed by atoms with van der Waals surface area (Å²) < 4.78 is 48.5. The van der Waals surface area contributed by atoms with Crippen molar-refractivity contribution in [2.24, 2.45) is 4.40 Å². The Morgan fingerprint density at radius 1 is 1.15 bits per heavy atom. The molecule has 6 heteroatoms. The first-order chi connectivity index (χ1) is 12.4. The van der Waals surface area contributed by atoms with E-state index in [1.54, 1.807) is 24.3 Å². The van der Waals surface area contributed by atoms with E-state index in [0.29, 0.717) is 17.7 Å². The molecule has 0 N–H and O–H groups in total. The molecule has 0 fully saturated rings. The Morgan fingerprint density at radius 2 is 1.88 bits per heavy atom. The number of hydrogen-bond donors (Lipinski definition) is 0. The minimum atomic E-state index is -3.88. The van der Waals surface area contributed by atoms with Gasteiger partial charge < -0.3 is 4.74 Å². The second-order valence-corrected chi connectivity index (χ2v) is 7.86. The van der Waals surface area contributed by atoms with Crippen LogP contribution in [0.4, 0.5) is 4.39 Å². The average Bonchev–Trinajstić information content (AvgIpc) is 2.73. The van der Waals surface area contributed by atoms with Gasteiger partial charge in [0.15, 0.2) is 0 Å². The molecule has 1 heterocycles. The Hall–Kier alpha value is -2.47. The van der Waals surface area contributed by atoms with Gasteiger partial charge in [-0.3, -0.25) is 0 Å². The SMILES string of the molecule is CCCC1=Cc2cc(F)ccc2C/C(=N/S(=O)(=O)c2ccc(C)cc2)O1. The van der Waals surface area contributed by atoms with Crippen molar-refractivity contribution in [1.82, 2.24) is 0 Å². The summed E-state index contributed by atoms with van der Waals surface area (Å²) in [6.45, 7) is 3.87. The largest absolute Gasteiger partial charge is 0.446 e. The second-order valence-electron chi connectivity index (χ2n) is 6.26. The summed E-state index contributed by atoms with van der Waals surface area (Å²) in [5, 5.41) is 0. The second kappa shape index (κ2) is 7.41. The molecular formula is C20H20FNO3S. The third-order valence-corrected chi connectivity index (χ3v) is 5.36. The van der Waals surface area contributed by atoms with E-state index in [-0.39, 0.29) is 23.0 Å². The summed E-state index contributed by atoms with van der Waals surface area (Å²) >= 11 is 0. The smallest absolute Gasteiger partial charge is 0.285 e. The molecule has 2 aromatic rings. The van der Waals surface area contributed by atoms with Crippen LogP contribution >= 0.6 is 0 Å². The molecule has 0 aromatic heterocycles. The molecule has 3 rings (SSSR count). The quantitative estimate of drug-likeness (QED) is 0.785. The summed E-state index contributed by atoms with van der Waals surface area (Å²) in [6.07, 6.45) is 3.36. The molecule has 26 heavy (non-hydrogen) atoms. The highest BCUT2D eigenvalue weighted by Gasteiger charge is 2.20. The maximum atomic E-state index is 13.6. The lowest BCUT2D eigenvalue weighted by molar-refractivity contribution is 0.391. The highest BCUT2D eigenvalue weighted by molar-refractivity contribution is 7.90. The summed E-state index contributed by atoms with van der Waals surface area (Å²) in [6, 6.07) is 10.9. The first-order valence-electron chi connectivity index (χ1n) is 8.45. The number of hydrogen-bond acceptors (Lipinski definition) is 3. The van der Waals surface area contributed by atoms with Crippen molar-refractivity contribution in [1.29, 1.82) is 0 Å². The van der Waals surface area contributed by atoms with Crippen LogP contribution in [0.3, 0.4) is 0 Å². The van der Waals surface area contributed by atoms with Gasteiger partial charge in [0.1, 0.15) is 11.6 Å². The standard InChI is InChI=1S/C20H20FNO3S/c1-3-4-18-12-16-11-17(21)8-7-15(16)13-20(25-18)22-26(23,24)19-9-5-14(2)6-10-19/h5-12H,3-4,13H2,1-2H3/b22-20-. The number of aryl methyl sites for hydroxylation is 1. The number of ether oxygens (including phenoxy) is 1. The van der Waals surface area contributed by atoms with Crippen molar-refractivity contribution in [2.45, 2.75) is 38.0 Å². The minimum Gasteiger partial charge on any atom is -0.446 e. The van der Waals surface area contributed by atoms with E-state index >= 15 is 0 Å². The Labute approximate surface area is 153 Å². The molecule has 0 spiro atoms. The fraction of sp³-hybridized carbons (Fsp3) is 0.250. The zero-order valence-electron chi connectivity index (χ0n) is 14.7. The van der Waals surface area contributed by atoms with E-state index < -0.39 is 10.0 Å². The van der Waals surface area contributed by atoms with Crippen LogP contribution in [0.25, 0.3) is 6.08 Å². The average molecular weight is 373 g/mol. The number of halogens is 1. The van der Waals surface area contributed by atoms with Crippen molar-refractivity contribution in [3.63, 3.8) is 0 Å². The third-order valence-electron chi connectivity index (χ3n) is 4.05. The van der Waals surface area contributed by atoms with Crippen LogP contribution in [0.2, 0.25) is 0 Å². The minimum absolute atomic E-state index is 0.0932. The van der Waals surface area contributed by atoms with Crippen molar-refractivity contribution in [3.05, 3.63) is 70.7 Å². The van der Waals surface area contributed by atoms with Gasteiger partial charge in [-0.25, -0.2) is 4.39 Å². The van der Waals surface area contributed by atoms with Gasteiger partial charge in [0.25, 0.3) is 10.0 Å². The molecule has 0 atom stereocenters. The van der Waals surface area contributed by atoms with Crippen molar-refractivity contribution >= 4 is 22.0 Å². The Balaban J connectivity index is 2.01. The number of nitrogens with zero attached hydrogens (tertiary/aromatic N) is 1. The Morgan fingerprint density at radius 3 is 2.58 bits per heavy atom. The monoisotopic (exact) mass is 373 g/mol. The molecule has 0 bridgehead atoms. The molecule has 136 valence electrons. The predicted octanol–water partition coefficient (Wildman–Crippen LogP) is 4.64. The molecule has 0 aliphatic carbocycles. The highest BCUT2D eigenvalue weighted by atomic mass is 32.2. The zero-order chi connectivity index (χ0) is 18.7. The van der Waals surface area contributed by atoms with Gasteiger partial charge in [-0.2, -0.15) is 8.42 Å². The van der Waals surface area contributed by atoms with E-state index in [2.05, 4.69) is 4.40 Å². The van der Waals surface area contributed by atoms with Crippen LogP contribution < -0.4 is 0 Å². The van der Waals surface area contributed by atoms with Gasteiger partial charge in [0.2, 0.25) is 5.90 Å². The van der Waals surface area contributed by atoms with E-state index in [0.717, 1.165) is 17.5 Å². The van der Waals surface area contributed by atoms with Crippen LogP contribution in [0, 0.1) is 12.7 Å². The number of rotatable bonds is 4. The molecule has 1 aliphatic rings. The highest BCUT2D eigenvalue weighted by Crippen LogP contribution is 2.25.